The van der Waals surface area contributed by atoms with Gasteiger partial charge >= 0.3 is 5.97 Å². The summed E-state index contributed by atoms with van der Waals surface area (Å²) in [5, 5.41) is 8.53. The molecular weight excluding hydrogens is 190 g/mol. The van der Waals surface area contributed by atoms with E-state index in [9.17, 15) is 4.79 Å². The molecule has 1 fully saturated rings. The molecule has 1 aliphatic rings. The van der Waals surface area contributed by atoms with Crippen LogP contribution in [0.25, 0.3) is 0 Å². The molecule has 0 aromatic heterocycles. The normalized spacial score (nSPS) is 25.5. The second-order valence-corrected chi connectivity index (χ2v) is 4.27. The van der Waals surface area contributed by atoms with Gasteiger partial charge in [-0.15, -0.1) is 11.8 Å². The zero-order valence-electron chi connectivity index (χ0n) is 7.44. The Bertz CT molecular complexity index is 171. The molecule has 2 unspecified atom stereocenters. The molecule has 0 amide bonds. The molecule has 0 aromatic rings. The number of hydrogen-bond acceptors (Lipinski definition) is 4. The van der Waals surface area contributed by atoms with E-state index in [4.69, 9.17) is 15.6 Å². The van der Waals surface area contributed by atoms with Crippen molar-refractivity contribution in [3.63, 3.8) is 0 Å². The van der Waals surface area contributed by atoms with Gasteiger partial charge in [0, 0.05) is 12.4 Å². The third kappa shape index (κ3) is 3.97. The highest BCUT2D eigenvalue weighted by Crippen LogP contribution is 2.23. The second-order valence-electron chi connectivity index (χ2n) is 3.07. The Morgan fingerprint density at radius 1 is 1.69 bits per heavy atom. The minimum atomic E-state index is -0.941. The molecule has 1 heterocycles. The highest BCUT2D eigenvalue weighted by atomic mass is 32.2. The standard InChI is InChI=1S/C8H15NO3S/c9-6(8(10)11)5-13-7-3-1-2-4-12-7/h6-7H,1-5,9H2,(H,10,11). The van der Waals surface area contributed by atoms with Gasteiger partial charge in [-0.2, -0.15) is 0 Å². The first-order chi connectivity index (χ1) is 6.20. The molecule has 0 radical (unpaired) electrons. The highest BCUT2D eigenvalue weighted by Gasteiger charge is 2.18. The minimum absolute atomic E-state index is 0.152. The Balaban J connectivity index is 2.13. The third-order valence-corrected chi connectivity index (χ3v) is 3.21. The fraction of sp³-hybridized carbons (Fsp3) is 0.875. The lowest BCUT2D eigenvalue weighted by Crippen LogP contribution is -2.33. The fourth-order valence-corrected chi connectivity index (χ4v) is 2.22. The van der Waals surface area contributed by atoms with Crippen LogP contribution in [0, 0.1) is 0 Å². The van der Waals surface area contributed by atoms with Crippen LogP contribution in [0.5, 0.6) is 0 Å². The van der Waals surface area contributed by atoms with Crippen molar-refractivity contribution in [2.75, 3.05) is 12.4 Å². The van der Waals surface area contributed by atoms with E-state index in [0.29, 0.717) is 5.75 Å². The lowest BCUT2D eigenvalue weighted by Gasteiger charge is -2.22. The monoisotopic (exact) mass is 205 g/mol. The van der Waals surface area contributed by atoms with E-state index in [1.165, 1.54) is 18.2 Å². The summed E-state index contributed by atoms with van der Waals surface area (Å²) >= 11 is 1.51. The van der Waals surface area contributed by atoms with E-state index in [2.05, 4.69) is 0 Å². The van der Waals surface area contributed by atoms with Gasteiger partial charge in [-0.05, 0) is 19.3 Å². The van der Waals surface area contributed by atoms with Gasteiger partial charge < -0.3 is 15.6 Å². The van der Waals surface area contributed by atoms with E-state index >= 15 is 0 Å². The molecule has 0 aliphatic carbocycles. The number of ether oxygens (including phenoxy) is 1. The van der Waals surface area contributed by atoms with Gasteiger partial charge in [-0.25, -0.2) is 0 Å². The molecule has 1 saturated heterocycles. The number of carbonyl (C=O) groups is 1. The summed E-state index contributed by atoms with van der Waals surface area (Å²) in [7, 11) is 0. The molecule has 0 spiro atoms. The quantitative estimate of drug-likeness (QED) is 0.705. The Labute approximate surface area is 81.8 Å². The Morgan fingerprint density at radius 3 is 3.00 bits per heavy atom. The first-order valence-electron chi connectivity index (χ1n) is 4.41. The molecule has 1 rings (SSSR count). The van der Waals surface area contributed by atoms with Gasteiger partial charge in [0.05, 0.1) is 0 Å². The highest BCUT2D eigenvalue weighted by molar-refractivity contribution is 7.99. The van der Waals surface area contributed by atoms with Gasteiger partial charge in [-0.3, -0.25) is 4.79 Å². The SMILES string of the molecule is NC(CSC1CCCCO1)C(=O)O. The van der Waals surface area contributed by atoms with E-state index in [1.54, 1.807) is 0 Å². The Kier molecular flexibility index (Phi) is 4.55. The average molecular weight is 205 g/mol. The van der Waals surface area contributed by atoms with Crippen LogP contribution in [0.3, 0.4) is 0 Å². The number of hydrogen-bond donors (Lipinski definition) is 2. The summed E-state index contributed by atoms with van der Waals surface area (Å²) in [5.74, 6) is -0.511. The summed E-state index contributed by atoms with van der Waals surface area (Å²) < 4.78 is 5.42. The van der Waals surface area contributed by atoms with Crippen molar-refractivity contribution in [3.8, 4) is 0 Å². The average Bonchev–Trinajstić information content (AvgIpc) is 2.15. The maximum atomic E-state index is 10.4. The van der Waals surface area contributed by atoms with Crippen LogP contribution in [-0.4, -0.2) is 34.9 Å². The first-order valence-corrected chi connectivity index (χ1v) is 5.46. The predicted octanol–water partition coefficient (Wildman–Crippen LogP) is 0.658. The number of carboxylic acids is 1. The molecule has 1 aliphatic heterocycles. The van der Waals surface area contributed by atoms with Crippen LogP contribution in [-0.2, 0) is 9.53 Å². The topological polar surface area (TPSA) is 72.5 Å². The van der Waals surface area contributed by atoms with Crippen LogP contribution in [0.4, 0.5) is 0 Å². The number of thioether (sulfide) groups is 1. The molecule has 2 atom stereocenters. The van der Waals surface area contributed by atoms with Crippen LogP contribution >= 0.6 is 11.8 Å². The van der Waals surface area contributed by atoms with Gasteiger partial charge in [-0.1, -0.05) is 0 Å². The van der Waals surface area contributed by atoms with Crippen LogP contribution in [0.1, 0.15) is 19.3 Å². The summed E-state index contributed by atoms with van der Waals surface area (Å²) in [5.41, 5.74) is 5.51. The van der Waals surface area contributed by atoms with Crippen molar-refractivity contribution in [1.82, 2.24) is 0 Å². The van der Waals surface area contributed by atoms with Crippen LogP contribution in [0.15, 0.2) is 0 Å². The second kappa shape index (κ2) is 5.47. The smallest absolute Gasteiger partial charge is 0.321 e. The van der Waals surface area contributed by atoms with Crippen LogP contribution < -0.4 is 5.73 Å². The molecule has 0 saturated carbocycles. The molecule has 0 bridgehead atoms. The molecule has 76 valence electrons. The van der Waals surface area contributed by atoms with E-state index < -0.39 is 12.0 Å². The molecule has 3 N–H and O–H groups in total. The summed E-state index contributed by atoms with van der Waals surface area (Å²) in [4.78, 5) is 10.4. The van der Waals surface area contributed by atoms with E-state index in [0.717, 1.165) is 19.4 Å². The van der Waals surface area contributed by atoms with Crippen molar-refractivity contribution >= 4 is 17.7 Å². The summed E-state index contributed by atoms with van der Waals surface area (Å²) in [6, 6.07) is -0.768. The maximum Gasteiger partial charge on any atom is 0.321 e. The zero-order valence-corrected chi connectivity index (χ0v) is 8.26. The minimum Gasteiger partial charge on any atom is -0.480 e. The zero-order chi connectivity index (χ0) is 9.68. The van der Waals surface area contributed by atoms with Gasteiger partial charge in [0.1, 0.15) is 11.5 Å². The largest absolute Gasteiger partial charge is 0.480 e. The number of rotatable bonds is 4. The van der Waals surface area contributed by atoms with Crippen molar-refractivity contribution in [3.05, 3.63) is 0 Å². The van der Waals surface area contributed by atoms with Crippen molar-refractivity contribution in [1.29, 1.82) is 0 Å². The summed E-state index contributed by atoms with van der Waals surface area (Å²) in [6.45, 7) is 0.792. The molecule has 4 nitrogen and oxygen atoms in total. The maximum absolute atomic E-state index is 10.4. The van der Waals surface area contributed by atoms with Crippen LogP contribution in [0.2, 0.25) is 0 Å². The Hall–Kier alpha value is -0.260. The van der Waals surface area contributed by atoms with Gasteiger partial charge in [0.25, 0.3) is 0 Å². The predicted molar refractivity (Wildman–Crippen MR) is 51.7 cm³/mol. The number of aliphatic carboxylic acids is 1. The molecular formula is C8H15NO3S. The first kappa shape index (κ1) is 10.8. The van der Waals surface area contributed by atoms with Gasteiger partial charge in [0.2, 0.25) is 0 Å². The number of carboxylic acid groups (broad SMARTS) is 1. The third-order valence-electron chi connectivity index (χ3n) is 1.92. The molecule has 5 heteroatoms. The summed E-state index contributed by atoms with van der Waals surface area (Å²) in [6.07, 6.45) is 3.29. The van der Waals surface area contributed by atoms with Gasteiger partial charge in [0.15, 0.2) is 0 Å². The van der Waals surface area contributed by atoms with Crippen molar-refractivity contribution < 1.29 is 14.6 Å². The van der Waals surface area contributed by atoms with Crippen molar-refractivity contribution in [2.45, 2.75) is 30.7 Å². The lowest BCUT2D eigenvalue weighted by molar-refractivity contribution is -0.137. The fourth-order valence-electron chi connectivity index (χ4n) is 1.12. The Morgan fingerprint density at radius 2 is 2.46 bits per heavy atom. The molecule has 13 heavy (non-hydrogen) atoms. The van der Waals surface area contributed by atoms with E-state index in [-0.39, 0.29) is 5.44 Å². The van der Waals surface area contributed by atoms with Crippen molar-refractivity contribution in [2.24, 2.45) is 5.73 Å². The molecule has 0 aromatic carbocycles. The number of nitrogens with two attached hydrogens (primary N) is 1. The lowest BCUT2D eigenvalue weighted by atomic mass is 10.2. The van der Waals surface area contributed by atoms with E-state index in [1.807, 2.05) is 0 Å².